The SMILES string of the molecule is C=C(CCl)[C@@H]1CC[C@@H](C)[C@]2(C1)O[C@H]2/C=C/C(=O)OCC. The van der Waals surface area contributed by atoms with Crippen LogP contribution in [0.15, 0.2) is 24.3 Å². The number of ether oxygens (including phenoxy) is 2. The molecule has 3 nitrogen and oxygen atoms in total. The van der Waals surface area contributed by atoms with E-state index in [9.17, 15) is 4.79 Å². The quantitative estimate of drug-likeness (QED) is 0.256. The highest BCUT2D eigenvalue weighted by Crippen LogP contribution is 2.54. The molecule has 2 aliphatic rings. The fourth-order valence-corrected chi connectivity index (χ4v) is 3.38. The monoisotopic (exact) mass is 298 g/mol. The van der Waals surface area contributed by atoms with Gasteiger partial charge in [-0.15, -0.1) is 11.6 Å². The second kappa shape index (κ2) is 6.31. The first-order valence-electron chi connectivity index (χ1n) is 7.30. The van der Waals surface area contributed by atoms with Gasteiger partial charge in [-0.25, -0.2) is 4.79 Å². The third-order valence-electron chi connectivity index (χ3n) is 4.56. The molecular formula is C16H23ClO3. The third-order valence-corrected chi connectivity index (χ3v) is 4.90. The van der Waals surface area contributed by atoms with Gasteiger partial charge in [0.25, 0.3) is 0 Å². The van der Waals surface area contributed by atoms with Gasteiger partial charge in [-0.2, -0.15) is 0 Å². The van der Waals surface area contributed by atoms with Crippen LogP contribution < -0.4 is 0 Å². The minimum absolute atomic E-state index is 0.0211. The molecule has 1 saturated heterocycles. The van der Waals surface area contributed by atoms with E-state index in [-0.39, 0.29) is 17.7 Å². The maximum atomic E-state index is 11.4. The summed E-state index contributed by atoms with van der Waals surface area (Å²) in [6.07, 6.45) is 6.54. The van der Waals surface area contributed by atoms with Crippen LogP contribution in [0.25, 0.3) is 0 Å². The Morgan fingerprint density at radius 2 is 2.30 bits per heavy atom. The second-order valence-electron chi connectivity index (χ2n) is 5.78. The Hall–Kier alpha value is -0.800. The summed E-state index contributed by atoms with van der Waals surface area (Å²) in [6, 6.07) is 0. The van der Waals surface area contributed by atoms with Gasteiger partial charge in [-0.3, -0.25) is 0 Å². The first-order valence-corrected chi connectivity index (χ1v) is 7.83. The molecule has 2 fully saturated rings. The molecule has 2 rings (SSSR count). The first-order chi connectivity index (χ1) is 9.53. The van der Waals surface area contributed by atoms with E-state index in [2.05, 4.69) is 13.5 Å². The van der Waals surface area contributed by atoms with Gasteiger partial charge < -0.3 is 9.47 Å². The van der Waals surface area contributed by atoms with E-state index in [1.807, 2.05) is 6.08 Å². The van der Waals surface area contributed by atoms with Gasteiger partial charge in [0.15, 0.2) is 0 Å². The Morgan fingerprint density at radius 3 is 2.95 bits per heavy atom. The van der Waals surface area contributed by atoms with Crippen molar-refractivity contribution >= 4 is 17.6 Å². The van der Waals surface area contributed by atoms with Crippen LogP contribution in [0.1, 0.15) is 33.1 Å². The summed E-state index contributed by atoms with van der Waals surface area (Å²) >= 11 is 5.89. The lowest BCUT2D eigenvalue weighted by atomic mass is 9.71. The molecule has 1 saturated carbocycles. The molecule has 0 bridgehead atoms. The first kappa shape index (κ1) is 15.6. The minimum atomic E-state index is -0.302. The molecule has 112 valence electrons. The van der Waals surface area contributed by atoms with Crippen molar-refractivity contribution in [2.75, 3.05) is 12.5 Å². The normalized spacial score (nSPS) is 36.2. The summed E-state index contributed by atoms with van der Waals surface area (Å²) in [5.74, 6) is 1.14. The third kappa shape index (κ3) is 3.09. The average molecular weight is 299 g/mol. The van der Waals surface area contributed by atoms with Gasteiger partial charge in [0.2, 0.25) is 0 Å². The Balaban J connectivity index is 1.97. The van der Waals surface area contributed by atoms with Crippen LogP contribution in [0, 0.1) is 11.8 Å². The maximum absolute atomic E-state index is 11.4. The van der Waals surface area contributed by atoms with Crippen LogP contribution in [0.4, 0.5) is 0 Å². The van der Waals surface area contributed by atoms with E-state index in [1.165, 1.54) is 6.08 Å². The molecule has 1 heterocycles. The lowest BCUT2D eigenvalue weighted by Crippen LogP contribution is -2.33. The number of esters is 1. The zero-order valence-corrected chi connectivity index (χ0v) is 13.0. The number of allylic oxidation sites excluding steroid dienone is 1. The topological polar surface area (TPSA) is 38.8 Å². The molecule has 0 N–H and O–H groups in total. The van der Waals surface area contributed by atoms with Crippen molar-refractivity contribution in [2.24, 2.45) is 11.8 Å². The van der Waals surface area contributed by atoms with Crippen molar-refractivity contribution < 1.29 is 14.3 Å². The van der Waals surface area contributed by atoms with E-state index in [0.717, 1.165) is 24.8 Å². The molecule has 20 heavy (non-hydrogen) atoms. The van der Waals surface area contributed by atoms with Gasteiger partial charge in [-0.05, 0) is 44.1 Å². The Morgan fingerprint density at radius 1 is 1.55 bits per heavy atom. The molecule has 1 aliphatic heterocycles. The minimum Gasteiger partial charge on any atom is -0.463 e. The number of rotatable bonds is 5. The van der Waals surface area contributed by atoms with Crippen LogP contribution in [-0.2, 0) is 14.3 Å². The number of halogens is 1. The number of hydrogen-bond donors (Lipinski definition) is 0. The van der Waals surface area contributed by atoms with Crippen molar-refractivity contribution in [3.8, 4) is 0 Å². The molecule has 0 unspecified atom stereocenters. The van der Waals surface area contributed by atoms with E-state index >= 15 is 0 Å². The van der Waals surface area contributed by atoms with Crippen LogP contribution in [0.3, 0.4) is 0 Å². The average Bonchev–Trinajstić information content (AvgIpc) is 3.13. The molecule has 0 aromatic heterocycles. The summed E-state index contributed by atoms with van der Waals surface area (Å²) in [5, 5.41) is 0. The fraction of sp³-hybridized carbons (Fsp3) is 0.688. The second-order valence-corrected chi connectivity index (χ2v) is 6.04. The molecule has 0 radical (unpaired) electrons. The van der Waals surface area contributed by atoms with Crippen molar-refractivity contribution in [2.45, 2.75) is 44.8 Å². The maximum Gasteiger partial charge on any atom is 0.330 e. The molecule has 0 aromatic carbocycles. The number of carbonyl (C=O) groups is 1. The van der Waals surface area contributed by atoms with Gasteiger partial charge in [0.1, 0.15) is 11.7 Å². The smallest absolute Gasteiger partial charge is 0.330 e. The van der Waals surface area contributed by atoms with Crippen LogP contribution in [-0.4, -0.2) is 30.2 Å². The summed E-state index contributed by atoms with van der Waals surface area (Å²) in [7, 11) is 0. The van der Waals surface area contributed by atoms with Gasteiger partial charge in [-0.1, -0.05) is 19.1 Å². The predicted octanol–water partition coefficient (Wildman–Crippen LogP) is 3.47. The van der Waals surface area contributed by atoms with Crippen LogP contribution >= 0.6 is 11.6 Å². The van der Waals surface area contributed by atoms with E-state index in [1.54, 1.807) is 6.92 Å². The van der Waals surface area contributed by atoms with E-state index in [4.69, 9.17) is 21.1 Å². The highest BCUT2D eigenvalue weighted by atomic mass is 35.5. The highest BCUT2D eigenvalue weighted by Gasteiger charge is 2.60. The van der Waals surface area contributed by atoms with Crippen molar-refractivity contribution in [3.63, 3.8) is 0 Å². The Bertz CT molecular complexity index is 418. The fourth-order valence-electron chi connectivity index (χ4n) is 3.16. The number of hydrogen-bond acceptors (Lipinski definition) is 3. The molecule has 1 spiro atoms. The molecule has 4 heteroatoms. The zero-order chi connectivity index (χ0) is 14.8. The Labute approximate surface area is 126 Å². The molecule has 0 aromatic rings. The number of carbonyl (C=O) groups excluding carboxylic acids is 1. The van der Waals surface area contributed by atoms with Gasteiger partial charge in [0, 0.05) is 12.0 Å². The highest BCUT2D eigenvalue weighted by molar-refractivity contribution is 6.19. The van der Waals surface area contributed by atoms with Gasteiger partial charge in [0.05, 0.1) is 6.61 Å². The summed E-state index contributed by atoms with van der Waals surface area (Å²) in [4.78, 5) is 11.4. The van der Waals surface area contributed by atoms with Crippen LogP contribution in [0.5, 0.6) is 0 Å². The van der Waals surface area contributed by atoms with E-state index < -0.39 is 0 Å². The van der Waals surface area contributed by atoms with Gasteiger partial charge >= 0.3 is 5.97 Å². The van der Waals surface area contributed by atoms with Crippen molar-refractivity contribution in [3.05, 3.63) is 24.3 Å². The molecule has 4 atom stereocenters. The lowest BCUT2D eigenvalue weighted by molar-refractivity contribution is -0.137. The van der Waals surface area contributed by atoms with E-state index in [0.29, 0.717) is 24.3 Å². The van der Waals surface area contributed by atoms with Crippen molar-refractivity contribution in [1.82, 2.24) is 0 Å². The van der Waals surface area contributed by atoms with Crippen molar-refractivity contribution in [1.29, 1.82) is 0 Å². The molecular weight excluding hydrogens is 276 g/mol. The number of alkyl halides is 1. The molecule has 0 amide bonds. The summed E-state index contributed by atoms with van der Waals surface area (Å²) in [6.45, 7) is 8.47. The predicted molar refractivity (Wildman–Crippen MR) is 79.7 cm³/mol. The summed E-state index contributed by atoms with van der Waals surface area (Å²) < 4.78 is 10.8. The standard InChI is InChI=1S/C16H23ClO3/c1-4-19-15(18)8-7-14-16(20-14)9-13(11(2)10-17)6-5-12(16)3/h7-8,12-14H,2,4-6,9-10H2,1,3H3/b8-7+/t12-,13-,14+,16+/m1/s1. The number of epoxide rings is 1. The Kier molecular flexibility index (Phi) is 4.92. The lowest BCUT2D eigenvalue weighted by Gasteiger charge is -2.33. The largest absolute Gasteiger partial charge is 0.463 e. The molecule has 1 aliphatic carbocycles. The summed E-state index contributed by atoms with van der Waals surface area (Å²) in [5.41, 5.74) is 0.975. The van der Waals surface area contributed by atoms with Crippen LogP contribution in [0.2, 0.25) is 0 Å². The zero-order valence-electron chi connectivity index (χ0n) is 12.2.